The molecule has 1 aromatic heterocycles. The number of rotatable bonds is 3. The maximum absolute atomic E-state index is 12.6. The Labute approximate surface area is 121 Å². The molecule has 0 aliphatic rings. The molecule has 3 rings (SSSR count). The summed E-state index contributed by atoms with van der Waals surface area (Å²) in [5.41, 5.74) is 2.03. The first-order valence-electron chi connectivity index (χ1n) is 6.22. The lowest BCUT2D eigenvalue weighted by Crippen LogP contribution is -2.02. The normalized spacial score (nSPS) is 10.4. The number of phenolic OH excluding ortho intramolecular Hbond substituents is 1. The average Bonchev–Trinajstić information content (AvgIpc) is 3.01. The quantitative estimate of drug-likeness (QED) is 0.724. The molecular weight excluding hydrogens is 268 g/mol. The fraction of sp³-hybridized carbons (Fsp3) is 0. The molecule has 0 bridgehead atoms. The van der Waals surface area contributed by atoms with Gasteiger partial charge in [0.1, 0.15) is 5.75 Å². The smallest absolute Gasteiger partial charge is 0.193 e. The molecule has 0 saturated carbocycles. The second-order valence-corrected chi connectivity index (χ2v) is 5.35. The summed E-state index contributed by atoms with van der Waals surface area (Å²) in [6.45, 7) is 0. The van der Waals surface area contributed by atoms with Crippen molar-refractivity contribution in [3.05, 3.63) is 77.2 Å². The molecule has 3 heteroatoms. The summed E-state index contributed by atoms with van der Waals surface area (Å²) in [5.74, 6) is 0.131. The highest BCUT2D eigenvalue weighted by molar-refractivity contribution is 7.13. The predicted molar refractivity (Wildman–Crippen MR) is 81.3 cm³/mol. The molecule has 3 aromatic rings. The molecule has 0 saturated heterocycles. The summed E-state index contributed by atoms with van der Waals surface area (Å²) in [7, 11) is 0. The molecular formula is C17H12O2S. The van der Waals surface area contributed by atoms with Crippen molar-refractivity contribution in [2.45, 2.75) is 0 Å². The predicted octanol–water partition coefficient (Wildman–Crippen LogP) is 4.35. The number of thiophene rings is 1. The molecule has 0 aliphatic carbocycles. The lowest BCUT2D eigenvalue weighted by molar-refractivity contribution is 0.103. The number of hydrogen-bond acceptors (Lipinski definition) is 3. The van der Waals surface area contributed by atoms with Gasteiger partial charge in [0.2, 0.25) is 0 Å². The molecule has 0 amide bonds. The maximum Gasteiger partial charge on any atom is 0.193 e. The van der Waals surface area contributed by atoms with Gasteiger partial charge in [0, 0.05) is 21.6 Å². The van der Waals surface area contributed by atoms with Gasteiger partial charge in [-0.05, 0) is 29.6 Å². The van der Waals surface area contributed by atoms with Crippen LogP contribution in [0.3, 0.4) is 0 Å². The number of phenols is 1. The second-order valence-electron chi connectivity index (χ2n) is 4.40. The molecule has 1 heterocycles. The Bertz CT molecular complexity index is 731. The molecule has 0 unspecified atom stereocenters. The standard InChI is InChI=1S/C17H12O2S/c18-13-8-9-14(15(11-13)16-7-4-10-20-16)17(19)12-5-2-1-3-6-12/h1-11,18H. The van der Waals surface area contributed by atoms with Crippen LogP contribution in [0.25, 0.3) is 10.4 Å². The molecule has 2 nitrogen and oxygen atoms in total. The fourth-order valence-electron chi connectivity index (χ4n) is 2.11. The molecule has 2 aromatic carbocycles. The summed E-state index contributed by atoms with van der Waals surface area (Å²) in [5, 5.41) is 11.6. The van der Waals surface area contributed by atoms with Crippen LogP contribution in [0.4, 0.5) is 0 Å². The van der Waals surface area contributed by atoms with Gasteiger partial charge in [-0.25, -0.2) is 0 Å². The molecule has 0 fully saturated rings. The van der Waals surface area contributed by atoms with E-state index in [2.05, 4.69) is 0 Å². The Balaban J connectivity index is 2.13. The van der Waals surface area contributed by atoms with Crippen LogP contribution < -0.4 is 0 Å². The minimum Gasteiger partial charge on any atom is -0.508 e. The van der Waals surface area contributed by atoms with Crippen molar-refractivity contribution in [2.75, 3.05) is 0 Å². The van der Waals surface area contributed by atoms with Crippen molar-refractivity contribution in [2.24, 2.45) is 0 Å². The molecule has 1 N–H and O–H groups in total. The molecule has 0 aliphatic heterocycles. The monoisotopic (exact) mass is 280 g/mol. The second kappa shape index (κ2) is 5.31. The molecule has 98 valence electrons. The van der Waals surface area contributed by atoms with Crippen molar-refractivity contribution >= 4 is 17.1 Å². The van der Waals surface area contributed by atoms with E-state index in [1.54, 1.807) is 41.7 Å². The third-order valence-corrected chi connectivity index (χ3v) is 3.97. The van der Waals surface area contributed by atoms with Crippen molar-refractivity contribution in [3.8, 4) is 16.2 Å². The minimum absolute atomic E-state index is 0.0333. The lowest BCUT2D eigenvalue weighted by Gasteiger charge is -2.08. The van der Waals surface area contributed by atoms with Gasteiger partial charge in [0.15, 0.2) is 5.78 Å². The third kappa shape index (κ3) is 2.36. The van der Waals surface area contributed by atoms with E-state index in [-0.39, 0.29) is 11.5 Å². The van der Waals surface area contributed by atoms with Gasteiger partial charge in [0.05, 0.1) is 0 Å². The van der Waals surface area contributed by atoms with Crippen molar-refractivity contribution in [1.29, 1.82) is 0 Å². The number of hydrogen-bond donors (Lipinski definition) is 1. The average molecular weight is 280 g/mol. The van der Waals surface area contributed by atoms with Crippen LogP contribution in [0.15, 0.2) is 66.0 Å². The summed E-state index contributed by atoms with van der Waals surface area (Å²) in [6.07, 6.45) is 0. The van der Waals surface area contributed by atoms with Crippen LogP contribution in [0.5, 0.6) is 5.75 Å². The van der Waals surface area contributed by atoms with Gasteiger partial charge in [-0.2, -0.15) is 0 Å². The zero-order chi connectivity index (χ0) is 13.9. The Morgan fingerprint density at radius 3 is 2.45 bits per heavy atom. The minimum atomic E-state index is -0.0333. The topological polar surface area (TPSA) is 37.3 Å². The Morgan fingerprint density at radius 2 is 1.75 bits per heavy atom. The maximum atomic E-state index is 12.6. The lowest BCUT2D eigenvalue weighted by atomic mass is 9.97. The highest BCUT2D eigenvalue weighted by Crippen LogP contribution is 2.32. The Kier molecular flexibility index (Phi) is 3.35. The van der Waals surface area contributed by atoms with E-state index in [0.29, 0.717) is 11.1 Å². The highest BCUT2D eigenvalue weighted by Gasteiger charge is 2.15. The first-order valence-corrected chi connectivity index (χ1v) is 7.10. The van der Waals surface area contributed by atoms with Gasteiger partial charge in [-0.15, -0.1) is 11.3 Å². The van der Waals surface area contributed by atoms with Crippen LogP contribution in [-0.4, -0.2) is 10.9 Å². The first-order chi connectivity index (χ1) is 9.75. The van der Waals surface area contributed by atoms with Crippen molar-refractivity contribution in [1.82, 2.24) is 0 Å². The van der Waals surface area contributed by atoms with E-state index in [4.69, 9.17) is 0 Å². The van der Waals surface area contributed by atoms with Crippen molar-refractivity contribution in [3.63, 3.8) is 0 Å². The SMILES string of the molecule is O=C(c1ccccc1)c1ccc(O)cc1-c1cccs1. The fourth-order valence-corrected chi connectivity index (χ4v) is 2.87. The molecule has 0 radical (unpaired) electrons. The van der Waals surface area contributed by atoms with E-state index in [0.717, 1.165) is 10.4 Å². The van der Waals surface area contributed by atoms with E-state index in [1.165, 1.54) is 0 Å². The van der Waals surface area contributed by atoms with E-state index >= 15 is 0 Å². The van der Waals surface area contributed by atoms with Crippen LogP contribution in [0, 0.1) is 0 Å². The van der Waals surface area contributed by atoms with Crippen molar-refractivity contribution < 1.29 is 9.90 Å². The van der Waals surface area contributed by atoms with Gasteiger partial charge in [-0.1, -0.05) is 36.4 Å². The van der Waals surface area contributed by atoms with Gasteiger partial charge in [-0.3, -0.25) is 4.79 Å². The van der Waals surface area contributed by atoms with Gasteiger partial charge in [0.25, 0.3) is 0 Å². The number of carbonyl (C=O) groups excluding carboxylic acids is 1. The number of ketones is 1. The number of aromatic hydroxyl groups is 1. The van der Waals surface area contributed by atoms with Gasteiger partial charge >= 0.3 is 0 Å². The molecule has 0 atom stereocenters. The van der Waals surface area contributed by atoms with Crippen LogP contribution in [0.2, 0.25) is 0 Å². The Morgan fingerprint density at radius 1 is 0.950 bits per heavy atom. The van der Waals surface area contributed by atoms with Gasteiger partial charge < -0.3 is 5.11 Å². The zero-order valence-electron chi connectivity index (χ0n) is 10.6. The van der Waals surface area contributed by atoms with Crippen LogP contribution >= 0.6 is 11.3 Å². The third-order valence-electron chi connectivity index (χ3n) is 3.07. The summed E-state index contributed by atoms with van der Waals surface area (Å²) >= 11 is 1.55. The summed E-state index contributed by atoms with van der Waals surface area (Å²) in [6, 6.07) is 17.9. The summed E-state index contributed by atoms with van der Waals surface area (Å²) < 4.78 is 0. The Hall–Kier alpha value is -2.39. The number of benzene rings is 2. The van der Waals surface area contributed by atoms with E-state index in [1.807, 2.05) is 35.7 Å². The highest BCUT2D eigenvalue weighted by atomic mass is 32.1. The summed E-state index contributed by atoms with van der Waals surface area (Å²) in [4.78, 5) is 13.6. The molecule has 0 spiro atoms. The van der Waals surface area contributed by atoms with Crippen LogP contribution in [0.1, 0.15) is 15.9 Å². The first kappa shape index (κ1) is 12.6. The van der Waals surface area contributed by atoms with Crippen LogP contribution in [-0.2, 0) is 0 Å². The van der Waals surface area contributed by atoms with E-state index in [9.17, 15) is 9.90 Å². The largest absolute Gasteiger partial charge is 0.508 e. The zero-order valence-corrected chi connectivity index (χ0v) is 11.4. The number of carbonyl (C=O) groups is 1. The molecule has 20 heavy (non-hydrogen) atoms. The van der Waals surface area contributed by atoms with E-state index < -0.39 is 0 Å².